The van der Waals surface area contributed by atoms with E-state index in [9.17, 15) is 9.59 Å². The molecule has 0 spiro atoms. The molecule has 4 rings (SSSR count). The second-order valence-corrected chi connectivity index (χ2v) is 11.7. The number of rotatable bonds is 2. The standard InChI is InChI=1S/C20H26N3O5SSi/c1-19(2,3)28-18(25)23(20(30)8-10-26-11-20)17(24)22(4)16-21-15-12-7-9-27-13(12)5-6-14(15)29-16/h5-6H,4,7-11H2,1-3,30H3/q+1/t20-/m1/s1. The fourth-order valence-corrected chi connectivity index (χ4v) is 5.35. The lowest BCUT2D eigenvalue weighted by atomic mass is 10.1. The lowest BCUT2D eigenvalue weighted by Crippen LogP contribution is -2.58. The molecule has 2 aliphatic rings. The number of urea groups is 1. The van der Waals surface area contributed by atoms with Crippen molar-refractivity contribution in [1.82, 2.24) is 9.88 Å². The van der Waals surface area contributed by atoms with Crippen molar-refractivity contribution in [3.8, 4) is 5.75 Å². The maximum atomic E-state index is 13.5. The van der Waals surface area contributed by atoms with Gasteiger partial charge in [-0.15, -0.1) is 0 Å². The van der Waals surface area contributed by atoms with Crippen molar-refractivity contribution >= 4 is 55.8 Å². The largest absolute Gasteiger partial charge is 0.493 e. The van der Waals surface area contributed by atoms with Crippen LogP contribution in [0, 0.1) is 0 Å². The van der Waals surface area contributed by atoms with Crippen LogP contribution in [-0.4, -0.2) is 74.1 Å². The van der Waals surface area contributed by atoms with E-state index in [4.69, 9.17) is 14.2 Å². The summed E-state index contributed by atoms with van der Waals surface area (Å²) in [6.07, 6.45) is 0.686. The Kier molecular flexibility index (Phi) is 5.19. The first-order valence-electron chi connectivity index (χ1n) is 9.90. The molecule has 8 nitrogen and oxygen atoms in total. The van der Waals surface area contributed by atoms with Crippen LogP contribution in [0.25, 0.3) is 10.2 Å². The minimum absolute atomic E-state index is 0.308. The van der Waals surface area contributed by atoms with Crippen LogP contribution < -0.4 is 4.74 Å². The zero-order valence-electron chi connectivity index (χ0n) is 17.7. The fraction of sp³-hybridized carbons (Fsp3) is 0.500. The minimum atomic E-state index is -0.727. The molecule has 0 radical (unpaired) electrons. The van der Waals surface area contributed by atoms with Crippen LogP contribution in [0.2, 0.25) is 0 Å². The van der Waals surface area contributed by atoms with Gasteiger partial charge in [-0.25, -0.2) is 9.59 Å². The highest BCUT2D eigenvalue weighted by Crippen LogP contribution is 2.37. The van der Waals surface area contributed by atoms with Gasteiger partial charge in [0.2, 0.25) is 0 Å². The third kappa shape index (κ3) is 3.74. The monoisotopic (exact) mass is 448 g/mol. The zero-order valence-corrected chi connectivity index (χ0v) is 20.5. The second-order valence-electron chi connectivity index (χ2n) is 8.81. The van der Waals surface area contributed by atoms with E-state index in [0.29, 0.717) is 41.6 Å². The molecule has 0 unspecified atom stereocenters. The molecule has 2 aromatic rings. The number of hydrogen-bond donors (Lipinski definition) is 0. The van der Waals surface area contributed by atoms with Crippen LogP contribution in [-0.2, 0) is 15.9 Å². The SMILES string of the molecule is C=[N+](C(=O)N(C(=O)OC(C)(C)C)[C@@]1([SiH3])CCOC1)c1nc2c3c(ccc2s1)OCC3. The molecule has 1 atom stereocenters. The number of ether oxygens (including phenoxy) is 3. The minimum Gasteiger partial charge on any atom is -0.493 e. The summed E-state index contributed by atoms with van der Waals surface area (Å²) < 4.78 is 18.8. The van der Waals surface area contributed by atoms with Crippen LogP contribution in [0.15, 0.2) is 12.1 Å². The average Bonchev–Trinajstić information content (AvgIpc) is 3.37. The normalized spacial score (nSPS) is 20.8. The molecule has 0 bridgehead atoms. The molecule has 30 heavy (non-hydrogen) atoms. The smallest absolute Gasteiger partial charge is 0.479 e. The first-order valence-corrected chi connectivity index (χ1v) is 11.7. The van der Waals surface area contributed by atoms with Crippen LogP contribution in [0.1, 0.15) is 32.8 Å². The number of imide groups is 1. The predicted octanol–water partition coefficient (Wildman–Crippen LogP) is 2.41. The number of carbonyl (C=O) groups excluding carboxylic acids is 2. The van der Waals surface area contributed by atoms with Gasteiger partial charge in [0.25, 0.3) is 0 Å². The second kappa shape index (κ2) is 7.43. The highest BCUT2D eigenvalue weighted by molar-refractivity contribution is 7.21. The van der Waals surface area contributed by atoms with E-state index in [1.807, 2.05) is 12.1 Å². The van der Waals surface area contributed by atoms with Gasteiger partial charge in [-0.05, 0) is 32.9 Å². The first kappa shape index (κ1) is 20.9. The van der Waals surface area contributed by atoms with Gasteiger partial charge in [0.1, 0.15) is 16.5 Å². The third-order valence-electron chi connectivity index (χ3n) is 5.19. The molecular formula is C20H26N3O5SSi+. The number of nitrogens with zero attached hydrogens (tertiary/aromatic N) is 3. The molecule has 1 aromatic heterocycles. The van der Waals surface area contributed by atoms with Gasteiger partial charge in [0.05, 0.1) is 34.8 Å². The summed E-state index contributed by atoms with van der Waals surface area (Å²) in [7, 11) is 0.550. The van der Waals surface area contributed by atoms with Crippen LogP contribution in [0.4, 0.5) is 14.7 Å². The van der Waals surface area contributed by atoms with Crippen LogP contribution in [0.5, 0.6) is 5.75 Å². The predicted molar refractivity (Wildman–Crippen MR) is 117 cm³/mol. The molecule has 0 saturated carbocycles. The van der Waals surface area contributed by atoms with Gasteiger partial charge in [-0.3, -0.25) is 0 Å². The Morgan fingerprint density at radius 3 is 2.80 bits per heavy atom. The van der Waals surface area contributed by atoms with Crippen molar-refractivity contribution in [2.75, 3.05) is 19.8 Å². The summed E-state index contributed by atoms with van der Waals surface area (Å²) in [5.74, 6) is 0.832. The molecule has 1 fully saturated rings. The maximum Gasteiger partial charge on any atom is 0.479 e. The van der Waals surface area contributed by atoms with E-state index in [1.165, 1.54) is 20.8 Å². The molecule has 10 heteroatoms. The Hall–Kier alpha value is -2.30. The third-order valence-corrected chi connectivity index (χ3v) is 7.47. The molecular weight excluding hydrogens is 422 g/mol. The van der Waals surface area contributed by atoms with Gasteiger partial charge >= 0.3 is 17.3 Å². The molecule has 0 N–H and O–H groups in total. The Morgan fingerprint density at radius 1 is 1.37 bits per heavy atom. The van der Waals surface area contributed by atoms with E-state index >= 15 is 0 Å². The number of thiazole rings is 1. The van der Waals surface area contributed by atoms with Gasteiger partial charge in [0, 0.05) is 25.1 Å². The molecule has 0 aliphatic carbocycles. The van der Waals surface area contributed by atoms with Gasteiger partial charge < -0.3 is 14.2 Å². The van der Waals surface area contributed by atoms with Crippen molar-refractivity contribution in [2.24, 2.45) is 0 Å². The molecule has 160 valence electrons. The van der Waals surface area contributed by atoms with E-state index in [0.717, 1.165) is 28.0 Å². The molecule has 1 saturated heterocycles. The summed E-state index contributed by atoms with van der Waals surface area (Å²) in [6.45, 7) is 10.7. The van der Waals surface area contributed by atoms with Gasteiger partial charge in [0.15, 0.2) is 5.52 Å². The fourth-order valence-electron chi connectivity index (χ4n) is 3.65. The van der Waals surface area contributed by atoms with E-state index < -0.39 is 22.9 Å². The average molecular weight is 449 g/mol. The lowest BCUT2D eigenvalue weighted by molar-refractivity contribution is -0.334. The molecule has 3 heterocycles. The Labute approximate surface area is 181 Å². The van der Waals surface area contributed by atoms with Gasteiger partial charge in [-0.2, -0.15) is 9.48 Å². The molecule has 3 amide bonds. The zero-order chi connectivity index (χ0) is 21.7. The summed E-state index contributed by atoms with van der Waals surface area (Å²) in [6, 6.07) is 3.30. The van der Waals surface area contributed by atoms with Crippen LogP contribution in [0.3, 0.4) is 0 Å². The van der Waals surface area contributed by atoms with Gasteiger partial charge in [-0.1, -0.05) is 16.3 Å². The highest BCUT2D eigenvalue weighted by Gasteiger charge is 2.50. The quantitative estimate of drug-likeness (QED) is 0.399. The Balaban J connectivity index is 1.68. The first-order chi connectivity index (χ1) is 14.1. The number of amides is 3. The highest BCUT2D eigenvalue weighted by atomic mass is 32.1. The van der Waals surface area contributed by atoms with Crippen molar-refractivity contribution in [1.29, 1.82) is 0 Å². The number of benzene rings is 1. The summed E-state index contributed by atoms with van der Waals surface area (Å²) >= 11 is 1.36. The Bertz CT molecular complexity index is 1040. The van der Waals surface area contributed by atoms with E-state index in [2.05, 4.69) is 11.7 Å². The molecule has 1 aromatic carbocycles. The summed E-state index contributed by atoms with van der Waals surface area (Å²) in [5.41, 5.74) is 1.14. The van der Waals surface area contributed by atoms with Crippen LogP contribution >= 0.6 is 11.3 Å². The van der Waals surface area contributed by atoms with Crippen molar-refractivity contribution in [3.63, 3.8) is 0 Å². The summed E-state index contributed by atoms with van der Waals surface area (Å²) in [4.78, 5) is 32.3. The summed E-state index contributed by atoms with van der Waals surface area (Å²) in [5, 5.41) is -0.255. The maximum absolute atomic E-state index is 13.5. The van der Waals surface area contributed by atoms with Crippen molar-refractivity contribution in [2.45, 2.75) is 44.4 Å². The van der Waals surface area contributed by atoms with E-state index in [-0.39, 0.29) is 0 Å². The van der Waals surface area contributed by atoms with Crippen molar-refractivity contribution in [3.05, 3.63) is 17.7 Å². The molecule has 2 aliphatic heterocycles. The lowest BCUT2D eigenvalue weighted by Gasteiger charge is -2.32. The number of carbonyl (C=O) groups is 2. The van der Waals surface area contributed by atoms with E-state index in [1.54, 1.807) is 20.8 Å². The topological polar surface area (TPSA) is 81.0 Å². The number of aromatic nitrogens is 1. The number of hydrogen-bond acceptors (Lipinski definition) is 7. The number of fused-ring (bicyclic) bond motifs is 3. The van der Waals surface area contributed by atoms with Crippen molar-refractivity contribution < 1.29 is 28.4 Å². The Morgan fingerprint density at radius 2 is 2.13 bits per heavy atom.